The molecule has 0 bridgehead atoms. The third kappa shape index (κ3) is 3.83. The van der Waals surface area contributed by atoms with Gasteiger partial charge in [-0.25, -0.2) is 0 Å². The molecule has 0 spiro atoms. The Kier molecular flexibility index (Phi) is 5.62. The van der Waals surface area contributed by atoms with Crippen LogP contribution in [-0.2, 0) is 0 Å². The van der Waals surface area contributed by atoms with E-state index < -0.39 is 0 Å². The zero-order valence-corrected chi connectivity index (χ0v) is 13.1. The van der Waals surface area contributed by atoms with Crippen LogP contribution in [0.4, 0.5) is 0 Å². The number of hydrogen-bond donors (Lipinski definition) is 1. The molecule has 1 aliphatic rings. The molecule has 1 aromatic rings. The Morgan fingerprint density at radius 2 is 1.70 bits per heavy atom. The molecule has 0 amide bonds. The highest BCUT2D eigenvalue weighted by atomic mass is 15.2. The van der Waals surface area contributed by atoms with Gasteiger partial charge in [-0.1, -0.05) is 57.0 Å². The fraction of sp³-hybridized carbons (Fsp3) is 0.667. The molecule has 2 rings (SSSR count). The lowest BCUT2D eigenvalue weighted by Gasteiger charge is -2.51. The summed E-state index contributed by atoms with van der Waals surface area (Å²) in [5.74, 6) is 0. The Hall–Kier alpha value is -0.860. The molecule has 1 unspecified atom stereocenters. The summed E-state index contributed by atoms with van der Waals surface area (Å²) in [6, 6.07) is 10.7. The average molecular weight is 274 g/mol. The second-order valence-electron chi connectivity index (χ2n) is 6.52. The van der Waals surface area contributed by atoms with Crippen molar-refractivity contribution in [3.8, 4) is 0 Å². The van der Waals surface area contributed by atoms with E-state index in [1.54, 1.807) is 0 Å². The first-order valence-corrected chi connectivity index (χ1v) is 8.22. The van der Waals surface area contributed by atoms with Crippen molar-refractivity contribution in [3.05, 3.63) is 35.9 Å². The van der Waals surface area contributed by atoms with Crippen molar-refractivity contribution >= 4 is 0 Å². The van der Waals surface area contributed by atoms with Gasteiger partial charge in [0.1, 0.15) is 0 Å². The molecule has 0 radical (unpaired) electrons. The normalized spacial score (nSPS) is 19.6. The maximum Gasteiger partial charge on any atom is 0.0307 e. The standard InChI is InChI=1S/C18H30N2/c1-3-11-18(12-4-2)14-20(15-18)13-10-17(19)16-8-6-5-7-9-16/h5-9,17H,3-4,10-15,19H2,1-2H3. The molecular weight excluding hydrogens is 244 g/mol. The molecule has 1 fully saturated rings. The van der Waals surface area contributed by atoms with E-state index in [-0.39, 0.29) is 6.04 Å². The van der Waals surface area contributed by atoms with Gasteiger partial charge in [-0.2, -0.15) is 0 Å². The SMILES string of the molecule is CCCC1(CCC)CN(CCC(N)c2ccccc2)C1. The van der Waals surface area contributed by atoms with Crippen LogP contribution >= 0.6 is 0 Å². The van der Waals surface area contributed by atoms with Gasteiger partial charge in [-0.3, -0.25) is 0 Å². The molecule has 20 heavy (non-hydrogen) atoms. The quantitative estimate of drug-likeness (QED) is 0.777. The van der Waals surface area contributed by atoms with E-state index in [0.717, 1.165) is 13.0 Å². The highest BCUT2D eigenvalue weighted by molar-refractivity contribution is 5.18. The maximum absolute atomic E-state index is 6.28. The second-order valence-corrected chi connectivity index (χ2v) is 6.52. The molecule has 1 aliphatic heterocycles. The van der Waals surface area contributed by atoms with Crippen LogP contribution in [0.3, 0.4) is 0 Å². The molecule has 1 atom stereocenters. The van der Waals surface area contributed by atoms with E-state index in [1.165, 1.54) is 44.3 Å². The number of nitrogens with zero attached hydrogens (tertiary/aromatic N) is 1. The lowest BCUT2D eigenvalue weighted by molar-refractivity contribution is -0.0158. The number of likely N-dealkylation sites (tertiary alicyclic amines) is 1. The van der Waals surface area contributed by atoms with E-state index in [2.05, 4.69) is 49.1 Å². The maximum atomic E-state index is 6.28. The molecule has 1 heterocycles. The number of hydrogen-bond acceptors (Lipinski definition) is 2. The molecule has 0 saturated carbocycles. The van der Waals surface area contributed by atoms with Crippen LogP contribution in [0.25, 0.3) is 0 Å². The van der Waals surface area contributed by atoms with Crippen molar-refractivity contribution in [3.63, 3.8) is 0 Å². The highest BCUT2D eigenvalue weighted by Gasteiger charge is 2.40. The minimum Gasteiger partial charge on any atom is -0.324 e. The van der Waals surface area contributed by atoms with Crippen molar-refractivity contribution in [2.75, 3.05) is 19.6 Å². The summed E-state index contributed by atoms with van der Waals surface area (Å²) in [5, 5.41) is 0. The van der Waals surface area contributed by atoms with Gasteiger partial charge in [0.25, 0.3) is 0 Å². The lowest BCUT2D eigenvalue weighted by atomic mass is 9.72. The Morgan fingerprint density at radius 3 is 2.25 bits per heavy atom. The zero-order chi connectivity index (χ0) is 14.4. The predicted molar refractivity (Wildman–Crippen MR) is 86.7 cm³/mol. The number of benzene rings is 1. The molecule has 0 aliphatic carbocycles. The molecule has 112 valence electrons. The Morgan fingerprint density at radius 1 is 1.10 bits per heavy atom. The number of rotatable bonds is 8. The molecule has 1 saturated heterocycles. The largest absolute Gasteiger partial charge is 0.324 e. The molecule has 2 nitrogen and oxygen atoms in total. The van der Waals surface area contributed by atoms with Gasteiger partial charge in [-0.05, 0) is 36.8 Å². The summed E-state index contributed by atoms with van der Waals surface area (Å²) in [6.45, 7) is 8.34. The van der Waals surface area contributed by atoms with Crippen LogP contribution in [0.5, 0.6) is 0 Å². The van der Waals surface area contributed by atoms with Crippen molar-refractivity contribution in [2.45, 2.75) is 52.0 Å². The highest BCUT2D eigenvalue weighted by Crippen LogP contribution is 2.39. The Balaban J connectivity index is 1.74. The Labute approximate surface area is 124 Å². The van der Waals surface area contributed by atoms with Gasteiger partial charge < -0.3 is 10.6 Å². The monoisotopic (exact) mass is 274 g/mol. The van der Waals surface area contributed by atoms with Crippen LogP contribution in [0, 0.1) is 5.41 Å². The third-order valence-electron chi connectivity index (χ3n) is 4.66. The van der Waals surface area contributed by atoms with Crippen LogP contribution in [0.2, 0.25) is 0 Å². The van der Waals surface area contributed by atoms with Gasteiger partial charge in [0.05, 0.1) is 0 Å². The summed E-state index contributed by atoms with van der Waals surface area (Å²) in [5.41, 5.74) is 8.17. The first-order chi connectivity index (χ1) is 9.69. The van der Waals surface area contributed by atoms with Crippen LogP contribution in [-0.4, -0.2) is 24.5 Å². The average Bonchev–Trinajstić information content (AvgIpc) is 2.43. The van der Waals surface area contributed by atoms with Crippen molar-refractivity contribution in [1.82, 2.24) is 4.90 Å². The first kappa shape index (κ1) is 15.5. The molecule has 2 N–H and O–H groups in total. The minimum absolute atomic E-state index is 0.184. The fourth-order valence-electron chi connectivity index (χ4n) is 3.75. The molecule has 2 heteroatoms. The van der Waals surface area contributed by atoms with E-state index in [0.29, 0.717) is 5.41 Å². The summed E-state index contributed by atoms with van der Waals surface area (Å²) in [6.07, 6.45) is 6.48. The lowest BCUT2D eigenvalue weighted by Crippen LogP contribution is -2.56. The topological polar surface area (TPSA) is 29.3 Å². The predicted octanol–water partition coefficient (Wildman–Crippen LogP) is 3.98. The summed E-state index contributed by atoms with van der Waals surface area (Å²) in [4.78, 5) is 2.59. The third-order valence-corrected chi connectivity index (χ3v) is 4.66. The van der Waals surface area contributed by atoms with Gasteiger partial charge in [0.15, 0.2) is 0 Å². The van der Waals surface area contributed by atoms with Gasteiger partial charge in [-0.15, -0.1) is 0 Å². The summed E-state index contributed by atoms with van der Waals surface area (Å²) < 4.78 is 0. The molecule has 0 aromatic heterocycles. The van der Waals surface area contributed by atoms with Crippen molar-refractivity contribution in [1.29, 1.82) is 0 Å². The van der Waals surface area contributed by atoms with Crippen LogP contribution < -0.4 is 5.73 Å². The van der Waals surface area contributed by atoms with Crippen LogP contribution in [0.15, 0.2) is 30.3 Å². The van der Waals surface area contributed by atoms with E-state index in [9.17, 15) is 0 Å². The number of nitrogens with two attached hydrogens (primary N) is 1. The van der Waals surface area contributed by atoms with E-state index >= 15 is 0 Å². The fourth-order valence-corrected chi connectivity index (χ4v) is 3.75. The summed E-state index contributed by atoms with van der Waals surface area (Å²) in [7, 11) is 0. The summed E-state index contributed by atoms with van der Waals surface area (Å²) >= 11 is 0. The van der Waals surface area contributed by atoms with E-state index in [1.807, 2.05) is 0 Å². The van der Waals surface area contributed by atoms with Crippen molar-refractivity contribution < 1.29 is 0 Å². The van der Waals surface area contributed by atoms with Gasteiger partial charge in [0, 0.05) is 19.1 Å². The van der Waals surface area contributed by atoms with Crippen LogP contribution in [0.1, 0.15) is 57.6 Å². The smallest absolute Gasteiger partial charge is 0.0307 e. The Bertz CT molecular complexity index is 374. The van der Waals surface area contributed by atoms with E-state index in [4.69, 9.17) is 5.73 Å². The van der Waals surface area contributed by atoms with Gasteiger partial charge >= 0.3 is 0 Å². The molecule has 1 aromatic carbocycles. The zero-order valence-electron chi connectivity index (χ0n) is 13.1. The van der Waals surface area contributed by atoms with Gasteiger partial charge in [0.2, 0.25) is 0 Å². The second kappa shape index (κ2) is 7.24. The first-order valence-electron chi connectivity index (χ1n) is 8.22. The van der Waals surface area contributed by atoms with Crippen molar-refractivity contribution in [2.24, 2.45) is 11.1 Å². The molecular formula is C18H30N2. The minimum atomic E-state index is 0.184.